The Morgan fingerprint density at radius 2 is 1.94 bits per heavy atom. The van der Waals surface area contributed by atoms with Crippen LogP contribution in [-0.2, 0) is 10.8 Å². The zero-order valence-electron chi connectivity index (χ0n) is 9.47. The summed E-state index contributed by atoms with van der Waals surface area (Å²) in [6.07, 6.45) is 0.205. The molecule has 0 N–H and O–H groups in total. The van der Waals surface area contributed by atoms with Crippen LogP contribution in [0.5, 0.6) is 0 Å². The first-order valence-corrected chi connectivity index (χ1v) is 7.57. The highest BCUT2D eigenvalue weighted by atomic mass is 32.2. The maximum atomic E-state index is 12.7. The molecule has 0 spiro atoms. The molecule has 0 fully saturated rings. The molecule has 1 aromatic heterocycles. The van der Waals surface area contributed by atoms with Crippen molar-refractivity contribution >= 4 is 27.9 Å². The molecule has 0 aliphatic heterocycles. The predicted octanol–water partition coefficient (Wildman–Crippen LogP) is 3.27. The van der Waals surface area contributed by atoms with Gasteiger partial charge in [-0.15, -0.1) is 11.3 Å². The second-order valence-electron chi connectivity index (χ2n) is 3.66. The second kappa shape index (κ2) is 6.02. The van der Waals surface area contributed by atoms with Crippen LogP contribution in [0.2, 0.25) is 0 Å². The highest BCUT2D eigenvalue weighted by molar-refractivity contribution is 7.87. The Bertz CT molecular complexity index is 547. The van der Waals surface area contributed by atoms with Crippen LogP contribution in [0, 0.1) is 5.82 Å². The molecule has 0 saturated carbocycles. The summed E-state index contributed by atoms with van der Waals surface area (Å²) < 4.78 is 25.3. The van der Waals surface area contributed by atoms with Gasteiger partial charge in [0.15, 0.2) is 5.78 Å². The summed E-state index contributed by atoms with van der Waals surface area (Å²) in [4.78, 5) is 11.8. The smallest absolute Gasteiger partial charge is 0.163 e. The molecule has 0 saturated heterocycles. The largest absolute Gasteiger partial charge is 0.294 e. The van der Waals surface area contributed by atoms with Gasteiger partial charge in [-0.25, -0.2) is 4.39 Å². The Hall–Kier alpha value is -1.33. The Labute approximate surface area is 111 Å². The first kappa shape index (κ1) is 13.1. The van der Waals surface area contributed by atoms with Crippen LogP contribution in [0.3, 0.4) is 0 Å². The maximum absolute atomic E-state index is 12.7. The third-order valence-corrected chi connectivity index (χ3v) is 5.07. The summed E-state index contributed by atoms with van der Waals surface area (Å²) in [5.74, 6) is -0.176. The summed E-state index contributed by atoms with van der Waals surface area (Å²) in [6, 6.07) is 9.03. The van der Waals surface area contributed by atoms with Gasteiger partial charge in [-0.2, -0.15) is 0 Å². The lowest BCUT2D eigenvalue weighted by molar-refractivity contribution is 0.0989. The summed E-state index contributed by atoms with van der Waals surface area (Å²) in [6.45, 7) is 0. The fourth-order valence-electron chi connectivity index (χ4n) is 1.46. The summed E-state index contributed by atoms with van der Waals surface area (Å²) >= 11 is 1.42. The molecule has 94 valence electrons. The molecule has 18 heavy (non-hydrogen) atoms. The molecule has 0 bridgehead atoms. The van der Waals surface area contributed by atoms with Gasteiger partial charge in [0.05, 0.1) is 15.0 Å². The minimum absolute atomic E-state index is 0.111. The number of carbonyl (C=O) groups is 1. The van der Waals surface area contributed by atoms with Gasteiger partial charge < -0.3 is 0 Å². The van der Waals surface area contributed by atoms with E-state index in [4.69, 9.17) is 0 Å². The number of thiophene rings is 1. The van der Waals surface area contributed by atoms with E-state index in [1.165, 1.54) is 35.6 Å². The van der Waals surface area contributed by atoms with Crippen molar-refractivity contribution in [3.8, 4) is 0 Å². The van der Waals surface area contributed by atoms with Crippen molar-refractivity contribution in [2.24, 2.45) is 0 Å². The molecule has 0 aliphatic rings. The van der Waals surface area contributed by atoms with Crippen molar-refractivity contribution < 1.29 is 13.4 Å². The van der Waals surface area contributed by atoms with Crippen molar-refractivity contribution in [1.82, 2.24) is 0 Å². The number of hydrogen-bond acceptors (Lipinski definition) is 3. The molecule has 2 rings (SSSR count). The number of Topliss-reactive ketones (excluding diaryl/α,β-unsaturated/α-hetero) is 1. The standard InChI is InChI=1S/C13H11FO2S2/c14-11-5-3-10(4-6-11)12(15)7-9-18(16)13-2-1-8-17-13/h1-6,8H,7,9H2. The van der Waals surface area contributed by atoms with E-state index in [0.717, 1.165) is 4.21 Å². The lowest BCUT2D eigenvalue weighted by atomic mass is 10.1. The lowest BCUT2D eigenvalue weighted by Crippen LogP contribution is -2.05. The Balaban J connectivity index is 1.92. The van der Waals surface area contributed by atoms with Crippen molar-refractivity contribution in [1.29, 1.82) is 0 Å². The van der Waals surface area contributed by atoms with Gasteiger partial charge in [-0.05, 0) is 35.7 Å². The fraction of sp³-hybridized carbons (Fsp3) is 0.154. The van der Waals surface area contributed by atoms with Crippen LogP contribution in [0.1, 0.15) is 16.8 Å². The summed E-state index contributed by atoms with van der Waals surface area (Å²) in [5, 5.41) is 1.86. The maximum Gasteiger partial charge on any atom is 0.163 e. The monoisotopic (exact) mass is 282 g/mol. The van der Waals surface area contributed by atoms with Crippen LogP contribution >= 0.6 is 11.3 Å². The molecule has 1 atom stereocenters. The Kier molecular flexibility index (Phi) is 4.38. The molecular formula is C13H11FO2S2. The first-order chi connectivity index (χ1) is 8.66. The van der Waals surface area contributed by atoms with Crippen molar-refractivity contribution in [2.45, 2.75) is 10.6 Å². The topological polar surface area (TPSA) is 34.1 Å². The van der Waals surface area contributed by atoms with Crippen molar-refractivity contribution in [2.75, 3.05) is 5.75 Å². The zero-order valence-corrected chi connectivity index (χ0v) is 11.1. The van der Waals surface area contributed by atoms with Crippen LogP contribution < -0.4 is 0 Å². The molecule has 0 aliphatic carbocycles. The van der Waals surface area contributed by atoms with Gasteiger partial charge in [-0.1, -0.05) is 6.07 Å². The number of ketones is 1. The molecule has 0 amide bonds. The van der Waals surface area contributed by atoms with Crippen molar-refractivity contribution in [3.05, 3.63) is 53.2 Å². The van der Waals surface area contributed by atoms with E-state index in [2.05, 4.69) is 0 Å². The van der Waals surface area contributed by atoms with Crippen LogP contribution in [0.4, 0.5) is 4.39 Å². The number of benzene rings is 1. The number of rotatable bonds is 5. The molecular weight excluding hydrogens is 271 g/mol. The normalized spacial score (nSPS) is 12.3. The van der Waals surface area contributed by atoms with E-state index >= 15 is 0 Å². The number of carbonyl (C=O) groups excluding carboxylic acids is 1. The van der Waals surface area contributed by atoms with Gasteiger partial charge in [-0.3, -0.25) is 9.00 Å². The minimum atomic E-state index is -1.13. The summed E-state index contributed by atoms with van der Waals surface area (Å²) in [7, 11) is -1.13. The number of halogens is 1. The Morgan fingerprint density at radius 1 is 1.22 bits per heavy atom. The van der Waals surface area contributed by atoms with E-state index in [9.17, 15) is 13.4 Å². The second-order valence-corrected chi connectivity index (χ2v) is 6.41. The van der Waals surface area contributed by atoms with E-state index in [1.807, 2.05) is 11.4 Å². The fourth-order valence-corrected chi connectivity index (χ4v) is 3.56. The molecule has 2 nitrogen and oxygen atoms in total. The van der Waals surface area contributed by atoms with Gasteiger partial charge in [0.25, 0.3) is 0 Å². The van der Waals surface area contributed by atoms with Gasteiger partial charge in [0.2, 0.25) is 0 Å². The SMILES string of the molecule is O=C(CCS(=O)c1cccs1)c1ccc(F)cc1. The molecule has 1 unspecified atom stereocenters. The van der Waals surface area contributed by atoms with Gasteiger partial charge >= 0.3 is 0 Å². The van der Waals surface area contributed by atoms with E-state index in [0.29, 0.717) is 11.3 Å². The van der Waals surface area contributed by atoms with Gasteiger partial charge in [0.1, 0.15) is 5.82 Å². The van der Waals surface area contributed by atoms with Crippen molar-refractivity contribution in [3.63, 3.8) is 0 Å². The lowest BCUT2D eigenvalue weighted by Gasteiger charge is -2.00. The third-order valence-electron chi connectivity index (χ3n) is 2.40. The highest BCUT2D eigenvalue weighted by Gasteiger charge is 2.10. The Morgan fingerprint density at radius 3 is 2.56 bits per heavy atom. The molecule has 0 radical (unpaired) electrons. The number of hydrogen-bond donors (Lipinski definition) is 0. The first-order valence-electron chi connectivity index (χ1n) is 5.37. The van der Waals surface area contributed by atoms with Crippen LogP contribution in [-0.4, -0.2) is 15.7 Å². The van der Waals surface area contributed by atoms with E-state index in [1.54, 1.807) is 6.07 Å². The molecule has 1 heterocycles. The zero-order chi connectivity index (χ0) is 13.0. The highest BCUT2D eigenvalue weighted by Crippen LogP contribution is 2.15. The predicted molar refractivity (Wildman–Crippen MR) is 70.9 cm³/mol. The molecule has 2 aromatic rings. The van der Waals surface area contributed by atoms with Crippen LogP contribution in [0.15, 0.2) is 46.0 Å². The quantitative estimate of drug-likeness (QED) is 0.789. The summed E-state index contributed by atoms with van der Waals surface area (Å²) in [5.41, 5.74) is 0.458. The molecule has 1 aromatic carbocycles. The van der Waals surface area contributed by atoms with Crippen LogP contribution in [0.25, 0.3) is 0 Å². The van der Waals surface area contributed by atoms with Gasteiger partial charge in [0, 0.05) is 17.7 Å². The van der Waals surface area contributed by atoms with E-state index < -0.39 is 10.8 Å². The minimum Gasteiger partial charge on any atom is -0.294 e. The average molecular weight is 282 g/mol. The van der Waals surface area contributed by atoms with E-state index in [-0.39, 0.29) is 18.0 Å². The third kappa shape index (κ3) is 3.34. The average Bonchev–Trinajstić information content (AvgIpc) is 2.90. The molecule has 5 heteroatoms.